The minimum atomic E-state index is 0.745. The summed E-state index contributed by atoms with van der Waals surface area (Å²) in [5.41, 5.74) is 1.33. The van der Waals surface area contributed by atoms with Crippen LogP contribution in [0.5, 0.6) is 0 Å². The molecule has 0 aromatic heterocycles. The van der Waals surface area contributed by atoms with Crippen LogP contribution in [0, 0.1) is 0 Å². The first-order valence-corrected chi connectivity index (χ1v) is 3.43. The summed E-state index contributed by atoms with van der Waals surface area (Å²) in [6.45, 7) is 0.745. The molecule has 0 aromatic rings. The van der Waals surface area contributed by atoms with Gasteiger partial charge in [0.25, 0.3) is 0 Å². The highest BCUT2D eigenvalue weighted by Crippen LogP contribution is 2.06. The molecular weight excluding hydrogens is 124 g/mol. The maximum atomic E-state index is 5.00. The SMILES string of the molecule is COCC1=CC=CC=CC1. The van der Waals surface area contributed by atoms with Crippen molar-refractivity contribution in [2.24, 2.45) is 0 Å². The fraction of sp³-hybridized carbons (Fsp3) is 0.333. The lowest BCUT2D eigenvalue weighted by molar-refractivity contribution is 0.224. The van der Waals surface area contributed by atoms with Crippen LogP contribution in [-0.2, 0) is 4.74 Å². The van der Waals surface area contributed by atoms with Gasteiger partial charge in [0.15, 0.2) is 0 Å². The van der Waals surface area contributed by atoms with E-state index in [1.807, 2.05) is 12.2 Å². The summed E-state index contributed by atoms with van der Waals surface area (Å²) < 4.78 is 5.00. The second-order valence-electron chi connectivity index (χ2n) is 2.28. The second-order valence-corrected chi connectivity index (χ2v) is 2.28. The molecule has 0 fully saturated rings. The molecule has 10 heavy (non-hydrogen) atoms. The number of allylic oxidation sites excluding steroid dienone is 5. The zero-order chi connectivity index (χ0) is 7.23. The lowest BCUT2D eigenvalue weighted by atomic mass is 10.2. The minimum Gasteiger partial charge on any atom is -0.380 e. The van der Waals surface area contributed by atoms with E-state index in [2.05, 4.69) is 18.2 Å². The van der Waals surface area contributed by atoms with Crippen molar-refractivity contribution in [3.63, 3.8) is 0 Å². The molecule has 1 nitrogen and oxygen atoms in total. The van der Waals surface area contributed by atoms with Crippen LogP contribution in [0.2, 0.25) is 0 Å². The topological polar surface area (TPSA) is 9.23 Å². The quantitative estimate of drug-likeness (QED) is 0.564. The fourth-order valence-electron chi connectivity index (χ4n) is 0.914. The average Bonchev–Trinajstić information content (AvgIpc) is 2.17. The summed E-state index contributed by atoms with van der Waals surface area (Å²) in [7, 11) is 1.72. The summed E-state index contributed by atoms with van der Waals surface area (Å²) in [6.07, 6.45) is 11.4. The summed E-state index contributed by atoms with van der Waals surface area (Å²) in [5.74, 6) is 0. The Kier molecular flexibility index (Phi) is 2.97. The van der Waals surface area contributed by atoms with E-state index in [0.29, 0.717) is 0 Å². The van der Waals surface area contributed by atoms with Crippen LogP contribution < -0.4 is 0 Å². The standard InChI is InChI=1S/C9H12O/c1-10-8-9-6-4-2-3-5-7-9/h2-6H,7-8H2,1H3. The summed E-state index contributed by atoms with van der Waals surface area (Å²) in [4.78, 5) is 0. The summed E-state index contributed by atoms with van der Waals surface area (Å²) in [5, 5.41) is 0. The first-order valence-electron chi connectivity index (χ1n) is 3.43. The van der Waals surface area contributed by atoms with Gasteiger partial charge >= 0.3 is 0 Å². The molecule has 0 saturated heterocycles. The molecule has 0 saturated carbocycles. The van der Waals surface area contributed by atoms with Crippen LogP contribution in [0.3, 0.4) is 0 Å². The predicted octanol–water partition coefficient (Wildman–Crippen LogP) is 2.08. The third-order valence-corrected chi connectivity index (χ3v) is 1.40. The van der Waals surface area contributed by atoms with Crippen molar-refractivity contribution >= 4 is 0 Å². The van der Waals surface area contributed by atoms with Crippen molar-refractivity contribution < 1.29 is 4.74 Å². The predicted molar refractivity (Wildman–Crippen MR) is 42.9 cm³/mol. The molecule has 1 aliphatic rings. The van der Waals surface area contributed by atoms with Crippen molar-refractivity contribution in [2.75, 3.05) is 13.7 Å². The van der Waals surface area contributed by atoms with Gasteiger partial charge in [-0.3, -0.25) is 0 Å². The maximum Gasteiger partial charge on any atom is 0.0679 e. The van der Waals surface area contributed by atoms with Gasteiger partial charge in [0.2, 0.25) is 0 Å². The van der Waals surface area contributed by atoms with Crippen LogP contribution in [0.1, 0.15) is 6.42 Å². The third kappa shape index (κ3) is 2.19. The zero-order valence-corrected chi connectivity index (χ0v) is 6.21. The highest BCUT2D eigenvalue weighted by Gasteiger charge is 1.92. The van der Waals surface area contributed by atoms with Crippen molar-refractivity contribution in [3.05, 3.63) is 36.0 Å². The molecule has 0 aliphatic heterocycles. The Bertz CT molecular complexity index is 175. The first kappa shape index (κ1) is 7.29. The molecule has 0 spiro atoms. The van der Waals surface area contributed by atoms with Crippen molar-refractivity contribution in [3.8, 4) is 0 Å². The molecule has 0 radical (unpaired) electrons. The molecule has 0 bridgehead atoms. The van der Waals surface area contributed by atoms with E-state index in [1.54, 1.807) is 7.11 Å². The fourth-order valence-corrected chi connectivity index (χ4v) is 0.914. The molecule has 0 unspecified atom stereocenters. The van der Waals surface area contributed by atoms with Gasteiger partial charge in [-0.1, -0.05) is 30.4 Å². The Morgan fingerprint density at radius 2 is 2.30 bits per heavy atom. The Hall–Kier alpha value is -0.820. The minimum absolute atomic E-state index is 0.745. The van der Waals surface area contributed by atoms with Crippen molar-refractivity contribution in [1.82, 2.24) is 0 Å². The number of hydrogen-bond acceptors (Lipinski definition) is 1. The van der Waals surface area contributed by atoms with Gasteiger partial charge in [-0.25, -0.2) is 0 Å². The highest BCUT2D eigenvalue weighted by atomic mass is 16.5. The monoisotopic (exact) mass is 136 g/mol. The van der Waals surface area contributed by atoms with Gasteiger partial charge in [-0.15, -0.1) is 0 Å². The Morgan fingerprint density at radius 1 is 1.40 bits per heavy atom. The van der Waals surface area contributed by atoms with E-state index in [4.69, 9.17) is 4.74 Å². The van der Waals surface area contributed by atoms with E-state index in [0.717, 1.165) is 13.0 Å². The van der Waals surface area contributed by atoms with Gasteiger partial charge in [-0.2, -0.15) is 0 Å². The van der Waals surface area contributed by atoms with Gasteiger partial charge in [-0.05, 0) is 12.0 Å². The van der Waals surface area contributed by atoms with Gasteiger partial charge in [0, 0.05) is 7.11 Å². The zero-order valence-electron chi connectivity index (χ0n) is 6.21. The maximum absolute atomic E-state index is 5.00. The van der Waals surface area contributed by atoms with Crippen LogP contribution in [-0.4, -0.2) is 13.7 Å². The Labute approximate surface area is 61.7 Å². The lowest BCUT2D eigenvalue weighted by Gasteiger charge is -1.99. The van der Waals surface area contributed by atoms with E-state index in [1.165, 1.54) is 5.57 Å². The van der Waals surface area contributed by atoms with Crippen molar-refractivity contribution in [2.45, 2.75) is 6.42 Å². The van der Waals surface area contributed by atoms with Gasteiger partial charge in [0.1, 0.15) is 0 Å². The Balaban J connectivity index is 2.50. The Morgan fingerprint density at radius 3 is 3.10 bits per heavy atom. The van der Waals surface area contributed by atoms with Crippen LogP contribution in [0.15, 0.2) is 36.0 Å². The normalized spacial score (nSPS) is 16.7. The average molecular weight is 136 g/mol. The molecule has 0 aromatic carbocycles. The molecule has 54 valence electrons. The van der Waals surface area contributed by atoms with E-state index in [-0.39, 0.29) is 0 Å². The third-order valence-electron chi connectivity index (χ3n) is 1.40. The van der Waals surface area contributed by atoms with E-state index in [9.17, 15) is 0 Å². The second kappa shape index (κ2) is 4.07. The summed E-state index contributed by atoms with van der Waals surface area (Å²) in [6, 6.07) is 0. The molecule has 0 amide bonds. The first-order chi connectivity index (χ1) is 4.93. The number of methoxy groups -OCH3 is 1. The molecule has 1 heteroatoms. The van der Waals surface area contributed by atoms with Crippen LogP contribution in [0.25, 0.3) is 0 Å². The van der Waals surface area contributed by atoms with Crippen molar-refractivity contribution in [1.29, 1.82) is 0 Å². The van der Waals surface area contributed by atoms with Gasteiger partial charge < -0.3 is 4.74 Å². The van der Waals surface area contributed by atoms with E-state index >= 15 is 0 Å². The largest absolute Gasteiger partial charge is 0.380 e. The number of ether oxygens (including phenoxy) is 1. The molecule has 0 atom stereocenters. The van der Waals surface area contributed by atoms with Gasteiger partial charge in [0.05, 0.1) is 6.61 Å². The smallest absolute Gasteiger partial charge is 0.0679 e. The number of hydrogen-bond donors (Lipinski definition) is 0. The molecule has 1 aliphatic carbocycles. The molecule has 1 rings (SSSR count). The summed E-state index contributed by atoms with van der Waals surface area (Å²) >= 11 is 0. The van der Waals surface area contributed by atoms with Crippen LogP contribution in [0.4, 0.5) is 0 Å². The number of rotatable bonds is 2. The highest BCUT2D eigenvalue weighted by molar-refractivity contribution is 5.23. The molecule has 0 N–H and O–H groups in total. The molecular formula is C9H12O. The van der Waals surface area contributed by atoms with Crippen LogP contribution >= 0.6 is 0 Å². The molecule has 0 heterocycles. The van der Waals surface area contributed by atoms with E-state index < -0.39 is 0 Å². The lowest BCUT2D eigenvalue weighted by Crippen LogP contribution is -1.91.